The molecule has 0 fully saturated rings. The van der Waals surface area contributed by atoms with Crippen LogP contribution in [0.15, 0.2) is 40.5 Å². The van der Waals surface area contributed by atoms with Gasteiger partial charge in [-0.1, -0.05) is 5.57 Å². The largest absolute Gasteiger partial charge is 0.495 e. The number of hydrogen-bond acceptors (Lipinski definition) is 7. The van der Waals surface area contributed by atoms with E-state index in [1.807, 2.05) is 31.2 Å². The van der Waals surface area contributed by atoms with E-state index in [1.54, 1.807) is 34.3 Å². The molecular formula is C23H29NO6. The molecular weight excluding hydrogens is 386 g/mol. The molecule has 0 saturated heterocycles. The number of allylic oxidation sites excluding steroid dienone is 1. The maximum atomic E-state index is 9.96. The normalized spacial score (nSPS) is 13.6. The van der Waals surface area contributed by atoms with Crippen LogP contribution < -0.4 is 14.2 Å². The van der Waals surface area contributed by atoms with E-state index in [-0.39, 0.29) is 0 Å². The molecule has 3 aromatic rings. The van der Waals surface area contributed by atoms with Crippen LogP contribution in [0, 0.1) is 0 Å². The molecule has 2 N–H and O–H groups in total. The van der Waals surface area contributed by atoms with Crippen LogP contribution in [0.1, 0.15) is 33.6 Å². The molecule has 1 atom stereocenters. The summed E-state index contributed by atoms with van der Waals surface area (Å²) in [5, 5.41) is 21.4. The number of aromatic nitrogens is 1. The number of pyridine rings is 1. The van der Waals surface area contributed by atoms with Gasteiger partial charge >= 0.3 is 0 Å². The van der Waals surface area contributed by atoms with Crippen LogP contribution in [0.3, 0.4) is 0 Å². The van der Waals surface area contributed by atoms with Crippen molar-refractivity contribution in [1.82, 2.24) is 4.98 Å². The Morgan fingerprint density at radius 1 is 1.17 bits per heavy atom. The molecule has 162 valence electrons. The lowest BCUT2D eigenvalue weighted by Crippen LogP contribution is -2.35. The lowest BCUT2D eigenvalue weighted by Gasteiger charge is -2.24. The summed E-state index contributed by atoms with van der Waals surface area (Å²) in [4.78, 5) is 4.57. The van der Waals surface area contributed by atoms with Crippen LogP contribution in [0.2, 0.25) is 0 Å². The van der Waals surface area contributed by atoms with Crippen molar-refractivity contribution in [1.29, 1.82) is 0 Å². The Morgan fingerprint density at radius 3 is 2.57 bits per heavy atom. The first kappa shape index (κ1) is 21.9. The molecule has 0 bridgehead atoms. The Bertz CT molecular complexity index is 1050. The summed E-state index contributed by atoms with van der Waals surface area (Å²) in [6.45, 7) is 5.52. The highest BCUT2D eigenvalue weighted by atomic mass is 16.5. The number of rotatable bonds is 9. The fraction of sp³-hybridized carbons (Fsp3) is 0.435. The van der Waals surface area contributed by atoms with Gasteiger partial charge in [-0.25, -0.2) is 4.98 Å². The summed E-state index contributed by atoms with van der Waals surface area (Å²) in [7, 11) is 3.18. The van der Waals surface area contributed by atoms with Crippen LogP contribution >= 0.6 is 0 Å². The Balaban J connectivity index is 1.79. The molecule has 3 rings (SSSR count). The van der Waals surface area contributed by atoms with E-state index in [0.717, 1.165) is 16.3 Å². The monoisotopic (exact) mass is 415 g/mol. The lowest BCUT2D eigenvalue weighted by molar-refractivity contribution is -0.0509. The van der Waals surface area contributed by atoms with E-state index in [1.165, 1.54) is 0 Å². The van der Waals surface area contributed by atoms with E-state index in [2.05, 4.69) is 4.98 Å². The van der Waals surface area contributed by atoms with Crippen molar-refractivity contribution in [2.24, 2.45) is 0 Å². The molecule has 0 aliphatic rings. The van der Waals surface area contributed by atoms with Gasteiger partial charge in [0, 0.05) is 5.39 Å². The van der Waals surface area contributed by atoms with E-state index in [4.69, 9.17) is 18.6 Å². The number of nitrogens with zero attached hydrogens (tertiary/aromatic N) is 1. The smallest absolute Gasteiger partial charge is 0.230 e. The topological polar surface area (TPSA) is 94.2 Å². The molecule has 0 aliphatic carbocycles. The summed E-state index contributed by atoms with van der Waals surface area (Å²) in [6, 6.07) is 5.54. The average molecular weight is 415 g/mol. The first-order valence-electron chi connectivity index (χ1n) is 9.87. The van der Waals surface area contributed by atoms with Gasteiger partial charge in [0.05, 0.1) is 37.6 Å². The van der Waals surface area contributed by atoms with E-state index in [9.17, 15) is 10.2 Å². The summed E-state index contributed by atoms with van der Waals surface area (Å²) < 4.78 is 22.5. The van der Waals surface area contributed by atoms with Crippen molar-refractivity contribution in [3.63, 3.8) is 0 Å². The third kappa shape index (κ3) is 4.52. The van der Waals surface area contributed by atoms with Gasteiger partial charge in [-0.15, -0.1) is 0 Å². The number of fused-ring (bicyclic) bond motifs is 2. The van der Waals surface area contributed by atoms with Crippen molar-refractivity contribution >= 4 is 22.0 Å². The zero-order chi connectivity index (χ0) is 21.9. The number of aliphatic hydroxyl groups excluding tert-OH is 1. The average Bonchev–Trinajstić information content (AvgIpc) is 3.17. The Hall–Kier alpha value is -2.77. The summed E-state index contributed by atoms with van der Waals surface area (Å²) in [5.41, 5.74) is 1.03. The number of aliphatic hydroxyl groups is 2. The number of ether oxygens (including phenoxy) is 3. The molecule has 0 radical (unpaired) electrons. The van der Waals surface area contributed by atoms with Crippen molar-refractivity contribution in [2.75, 3.05) is 20.8 Å². The first-order chi connectivity index (χ1) is 14.3. The van der Waals surface area contributed by atoms with Gasteiger partial charge in [0.1, 0.15) is 17.9 Å². The number of hydrogen-bond donors (Lipinski definition) is 2. The van der Waals surface area contributed by atoms with Gasteiger partial charge in [-0.2, -0.15) is 0 Å². The maximum Gasteiger partial charge on any atom is 0.230 e. The van der Waals surface area contributed by atoms with E-state index < -0.39 is 11.7 Å². The molecule has 2 heterocycles. The fourth-order valence-corrected chi connectivity index (χ4v) is 3.28. The van der Waals surface area contributed by atoms with Gasteiger partial charge in [-0.05, 0) is 57.9 Å². The van der Waals surface area contributed by atoms with Gasteiger partial charge < -0.3 is 28.8 Å². The molecule has 1 aromatic carbocycles. The standard InChI is InChI=1S/C23H29NO6/c1-14(6-9-18(25)23(2,3)26)10-12-29-17-8-7-15-19(21(17)28-5)24-22-16(11-13-30-22)20(15)27-4/h7-8,10-11,13,18,25-26H,6,9,12H2,1-5H3/b14-10-/t18-/m1/s1. The van der Waals surface area contributed by atoms with Crippen molar-refractivity contribution in [3.8, 4) is 17.2 Å². The van der Waals surface area contributed by atoms with Crippen molar-refractivity contribution in [2.45, 2.75) is 45.3 Å². The van der Waals surface area contributed by atoms with Gasteiger partial charge in [0.15, 0.2) is 11.5 Å². The third-order valence-electron chi connectivity index (χ3n) is 5.15. The summed E-state index contributed by atoms with van der Waals surface area (Å²) >= 11 is 0. The molecule has 7 nitrogen and oxygen atoms in total. The van der Waals surface area contributed by atoms with Gasteiger partial charge in [-0.3, -0.25) is 0 Å². The molecule has 0 unspecified atom stereocenters. The first-order valence-corrected chi connectivity index (χ1v) is 9.87. The van der Waals surface area contributed by atoms with Gasteiger partial charge in [0.2, 0.25) is 5.71 Å². The van der Waals surface area contributed by atoms with Crippen molar-refractivity contribution in [3.05, 3.63) is 36.1 Å². The SMILES string of the molecule is COc1c2ccoc2nc2c(OC)c(OC/C=C(/C)CC[C@@H](O)C(C)(C)O)ccc12. The highest BCUT2D eigenvalue weighted by molar-refractivity contribution is 6.02. The van der Waals surface area contributed by atoms with Crippen LogP contribution in [0.5, 0.6) is 17.2 Å². The Kier molecular flexibility index (Phi) is 6.53. The zero-order valence-corrected chi connectivity index (χ0v) is 18.1. The zero-order valence-electron chi connectivity index (χ0n) is 18.1. The summed E-state index contributed by atoms with van der Waals surface area (Å²) in [5.74, 6) is 1.74. The molecule has 7 heteroatoms. The molecule has 30 heavy (non-hydrogen) atoms. The molecule has 0 saturated carbocycles. The van der Waals surface area contributed by atoms with Gasteiger partial charge in [0.25, 0.3) is 0 Å². The van der Waals surface area contributed by atoms with Crippen LogP contribution in [0.4, 0.5) is 0 Å². The number of methoxy groups -OCH3 is 2. The predicted octanol–water partition coefficient (Wildman–Crippen LogP) is 4.24. The summed E-state index contributed by atoms with van der Waals surface area (Å²) in [6.07, 6.45) is 3.89. The van der Waals surface area contributed by atoms with Crippen molar-refractivity contribution < 1.29 is 28.8 Å². The van der Waals surface area contributed by atoms with E-state index in [0.29, 0.717) is 47.9 Å². The van der Waals surface area contributed by atoms with Crippen LogP contribution in [0.25, 0.3) is 22.0 Å². The third-order valence-corrected chi connectivity index (χ3v) is 5.15. The number of furan rings is 1. The predicted molar refractivity (Wildman–Crippen MR) is 115 cm³/mol. The minimum Gasteiger partial charge on any atom is -0.495 e. The lowest BCUT2D eigenvalue weighted by atomic mass is 9.96. The minimum atomic E-state index is -1.11. The second kappa shape index (κ2) is 8.93. The number of benzene rings is 1. The van der Waals surface area contributed by atoms with Crippen LogP contribution in [-0.4, -0.2) is 47.7 Å². The highest BCUT2D eigenvalue weighted by Crippen LogP contribution is 2.41. The van der Waals surface area contributed by atoms with E-state index >= 15 is 0 Å². The molecule has 0 amide bonds. The Labute approximate surface area is 175 Å². The molecule has 0 spiro atoms. The van der Waals surface area contributed by atoms with Crippen LogP contribution in [-0.2, 0) is 0 Å². The molecule has 2 aromatic heterocycles. The fourth-order valence-electron chi connectivity index (χ4n) is 3.28. The second-order valence-electron chi connectivity index (χ2n) is 7.85. The quantitative estimate of drug-likeness (QED) is 0.505. The highest BCUT2D eigenvalue weighted by Gasteiger charge is 2.23. The maximum absolute atomic E-state index is 9.96. The minimum absolute atomic E-state index is 0.340. The second-order valence-corrected chi connectivity index (χ2v) is 7.85. The Morgan fingerprint density at radius 2 is 1.90 bits per heavy atom. The molecule has 0 aliphatic heterocycles.